The Balaban J connectivity index is 1.66. The largest absolute Gasteiger partial charge is 0.337 e. The number of carbonyl (C=O) groups excluding carboxylic acids is 2. The fraction of sp³-hybridized carbons (Fsp3) is 0.364. The van der Waals surface area contributed by atoms with Crippen LogP contribution in [0.3, 0.4) is 0 Å². The van der Waals surface area contributed by atoms with Gasteiger partial charge in [-0.05, 0) is 36.5 Å². The lowest BCUT2D eigenvalue weighted by molar-refractivity contribution is -0.132. The second-order valence-electron chi connectivity index (χ2n) is 7.94. The van der Waals surface area contributed by atoms with Crippen LogP contribution in [0.25, 0.3) is 0 Å². The molecule has 0 saturated carbocycles. The van der Waals surface area contributed by atoms with Gasteiger partial charge in [-0.3, -0.25) is 9.59 Å². The number of likely N-dealkylation sites (tertiary alicyclic amines) is 1. The van der Waals surface area contributed by atoms with Crippen LogP contribution in [0.2, 0.25) is 0 Å². The van der Waals surface area contributed by atoms with Gasteiger partial charge in [0.05, 0.1) is 24.3 Å². The van der Waals surface area contributed by atoms with Crippen molar-refractivity contribution in [3.8, 4) is 0 Å². The predicted molar refractivity (Wildman–Crippen MR) is 114 cm³/mol. The highest BCUT2D eigenvalue weighted by atomic mass is 32.2. The topological polar surface area (TPSA) is 95.6 Å². The molecular formula is C22H25N3O4S. The van der Waals surface area contributed by atoms with Gasteiger partial charge in [-0.25, -0.2) is 13.1 Å². The fourth-order valence-corrected chi connectivity index (χ4v) is 5.13. The third-order valence-electron chi connectivity index (χ3n) is 6.11. The Kier molecular flexibility index (Phi) is 5.38. The maximum Gasteiger partial charge on any atom is 0.237 e. The van der Waals surface area contributed by atoms with Crippen molar-refractivity contribution in [1.82, 2.24) is 9.62 Å². The molecule has 158 valence electrons. The number of sulfonamides is 1. The maximum atomic E-state index is 13.2. The summed E-state index contributed by atoms with van der Waals surface area (Å²) in [7, 11) is -3.49. The van der Waals surface area contributed by atoms with Crippen molar-refractivity contribution < 1.29 is 18.0 Å². The minimum absolute atomic E-state index is 0.0897. The number of rotatable bonds is 6. The van der Waals surface area contributed by atoms with Gasteiger partial charge in [0.15, 0.2) is 0 Å². The van der Waals surface area contributed by atoms with Gasteiger partial charge in [-0.15, -0.1) is 0 Å². The standard InChI is InChI=1S/C22H25N3O4S/c1-30(28,29)23-15-20(26)25-14-13-22(17-9-5-6-10-18(17)24-21(22)27)19(25)12-11-16-7-3-2-4-8-16/h2-10,19,23H,11-15H2,1H3,(H,24,27)/t19-,22+/m0/s1. The van der Waals surface area contributed by atoms with Crippen molar-refractivity contribution in [2.75, 3.05) is 24.7 Å². The summed E-state index contributed by atoms with van der Waals surface area (Å²) in [6.07, 6.45) is 2.86. The van der Waals surface area contributed by atoms with E-state index >= 15 is 0 Å². The van der Waals surface area contributed by atoms with Crippen LogP contribution in [0.5, 0.6) is 0 Å². The first-order valence-corrected chi connectivity index (χ1v) is 11.9. The highest BCUT2D eigenvalue weighted by Crippen LogP contribution is 2.49. The highest BCUT2D eigenvalue weighted by molar-refractivity contribution is 7.88. The van der Waals surface area contributed by atoms with E-state index in [1.165, 1.54) is 0 Å². The normalized spacial score (nSPS) is 22.9. The number of fused-ring (bicyclic) bond motifs is 2. The number of hydrogen-bond acceptors (Lipinski definition) is 4. The second-order valence-corrected chi connectivity index (χ2v) is 9.77. The molecule has 8 heteroatoms. The lowest BCUT2D eigenvalue weighted by Crippen LogP contribution is -2.51. The molecule has 2 heterocycles. The summed E-state index contributed by atoms with van der Waals surface area (Å²) in [4.78, 5) is 27.8. The Labute approximate surface area is 176 Å². The van der Waals surface area contributed by atoms with Gasteiger partial charge in [0.25, 0.3) is 0 Å². The van der Waals surface area contributed by atoms with Crippen LogP contribution in [-0.2, 0) is 31.4 Å². The van der Waals surface area contributed by atoms with Crippen molar-refractivity contribution in [3.63, 3.8) is 0 Å². The molecule has 30 heavy (non-hydrogen) atoms. The van der Waals surface area contributed by atoms with E-state index in [0.29, 0.717) is 25.8 Å². The van der Waals surface area contributed by atoms with Crippen molar-refractivity contribution in [2.24, 2.45) is 0 Å². The van der Waals surface area contributed by atoms with Crippen LogP contribution in [-0.4, -0.2) is 50.5 Å². The number of para-hydroxylation sites is 1. The molecule has 2 aromatic carbocycles. The van der Waals surface area contributed by atoms with Crippen LogP contribution in [0, 0.1) is 0 Å². The lowest BCUT2D eigenvalue weighted by Gasteiger charge is -2.34. The van der Waals surface area contributed by atoms with E-state index in [-0.39, 0.29) is 24.4 Å². The summed E-state index contributed by atoms with van der Waals surface area (Å²) >= 11 is 0. The first-order chi connectivity index (χ1) is 14.3. The van der Waals surface area contributed by atoms with Crippen molar-refractivity contribution in [1.29, 1.82) is 0 Å². The summed E-state index contributed by atoms with van der Waals surface area (Å²) in [6, 6.07) is 17.2. The van der Waals surface area contributed by atoms with Crippen molar-refractivity contribution in [2.45, 2.75) is 30.7 Å². The Hall–Kier alpha value is -2.71. The van der Waals surface area contributed by atoms with E-state index in [1.807, 2.05) is 54.6 Å². The van der Waals surface area contributed by atoms with Gasteiger partial charge in [-0.2, -0.15) is 0 Å². The molecule has 2 aliphatic heterocycles. The minimum Gasteiger partial charge on any atom is -0.337 e. The van der Waals surface area contributed by atoms with Gasteiger partial charge in [0.1, 0.15) is 0 Å². The van der Waals surface area contributed by atoms with E-state index < -0.39 is 15.4 Å². The number of anilines is 1. The first-order valence-electron chi connectivity index (χ1n) is 10.0. The predicted octanol–water partition coefficient (Wildman–Crippen LogP) is 1.66. The molecule has 2 aromatic rings. The Bertz CT molecular complexity index is 1070. The second kappa shape index (κ2) is 7.85. The summed E-state index contributed by atoms with van der Waals surface area (Å²) < 4.78 is 25.2. The molecule has 0 aliphatic carbocycles. The summed E-state index contributed by atoms with van der Waals surface area (Å²) in [5, 5.41) is 2.99. The quantitative estimate of drug-likeness (QED) is 0.733. The molecular weight excluding hydrogens is 402 g/mol. The fourth-order valence-electron chi connectivity index (χ4n) is 4.74. The molecule has 2 aliphatic rings. The SMILES string of the molecule is CS(=O)(=O)NCC(=O)N1CC[C@]2(C(=O)Nc3ccccc32)[C@@H]1CCc1ccccc1. The Morgan fingerprint density at radius 2 is 1.87 bits per heavy atom. The van der Waals surface area contributed by atoms with Gasteiger partial charge in [0, 0.05) is 12.2 Å². The zero-order valence-corrected chi connectivity index (χ0v) is 17.6. The third kappa shape index (κ3) is 3.73. The number of amides is 2. The smallest absolute Gasteiger partial charge is 0.237 e. The van der Waals surface area contributed by atoms with Gasteiger partial charge in [0.2, 0.25) is 21.8 Å². The number of benzene rings is 2. The molecule has 0 aromatic heterocycles. The maximum absolute atomic E-state index is 13.2. The van der Waals surface area contributed by atoms with E-state index in [9.17, 15) is 18.0 Å². The van der Waals surface area contributed by atoms with Crippen LogP contribution in [0.15, 0.2) is 54.6 Å². The van der Waals surface area contributed by atoms with E-state index in [1.54, 1.807) is 4.90 Å². The summed E-state index contributed by atoms with van der Waals surface area (Å²) in [6.45, 7) is 0.103. The number of carbonyl (C=O) groups is 2. The Morgan fingerprint density at radius 3 is 2.60 bits per heavy atom. The van der Waals surface area contributed by atoms with E-state index in [0.717, 1.165) is 23.1 Å². The molecule has 1 spiro atoms. The minimum atomic E-state index is -3.49. The van der Waals surface area contributed by atoms with E-state index in [2.05, 4.69) is 10.0 Å². The number of nitrogens with zero attached hydrogens (tertiary/aromatic N) is 1. The molecule has 1 fully saturated rings. The molecule has 2 atom stereocenters. The highest BCUT2D eigenvalue weighted by Gasteiger charge is 2.58. The van der Waals surface area contributed by atoms with E-state index in [4.69, 9.17) is 0 Å². The summed E-state index contributed by atoms with van der Waals surface area (Å²) in [5.41, 5.74) is 2.02. The van der Waals surface area contributed by atoms with Crippen molar-refractivity contribution in [3.05, 3.63) is 65.7 Å². The molecule has 1 saturated heterocycles. The molecule has 7 nitrogen and oxygen atoms in total. The van der Waals surface area contributed by atoms with Crippen LogP contribution < -0.4 is 10.0 Å². The first kappa shape index (κ1) is 20.6. The lowest BCUT2D eigenvalue weighted by atomic mass is 9.73. The third-order valence-corrected chi connectivity index (χ3v) is 6.78. The molecule has 2 N–H and O–H groups in total. The molecule has 0 bridgehead atoms. The monoisotopic (exact) mass is 427 g/mol. The molecule has 0 radical (unpaired) electrons. The van der Waals surface area contributed by atoms with Crippen LogP contribution in [0.1, 0.15) is 24.0 Å². The number of nitrogens with one attached hydrogen (secondary N) is 2. The molecule has 2 amide bonds. The Morgan fingerprint density at radius 1 is 1.17 bits per heavy atom. The van der Waals surface area contributed by atoms with Gasteiger partial charge >= 0.3 is 0 Å². The summed E-state index contributed by atoms with van der Waals surface area (Å²) in [5.74, 6) is -0.402. The number of hydrogen-bond donors (Lipinski definition) is 2. The van der Waals surface area contributed by atoms with Gasteiger partial charge < -0.3 is 10.2 Å². The van der Waals surface area contributed by atoms with Crippen LogP contribution in [0.4, 0.5) is 5.69 Å². The molecule has 0 unspecified atom stereocenters. The van der Waals surface area contributed by atoms with Gasteiger partial charge in [-0.1, -0.05) is 48.5 Å². The van der Waals surface area contributed by atoms with Crippen molar-refractivity contribution >= 4 is 27.5 Å². The zero-order valence-electron chi connectivity index (χ0n) is 16.8. The zero-order chi connectivity index (χ0) is 21.4. The average molecular weight is 428 g/mol. The average Bonchev–Trinajstić information content (AvgIpc) is 3.24. The number of aryl methyl sites for hydroxylation is 1. The van der Waals surface area contributed by atoms with Crippen LogP contribution >= 0.6 is 0 Å². The molecule has 4 rings (SSSR count).